The standard InChI is InChI=1S/C16H13NO4/c18-16(19)15-7-13-6-11(3-4-14(13)21-15)9-20-10-12-2-1-5-17-8-12/h1-8H,9-10H2,(H,18,19). The number of carboxylic acid groups (broad SMARTS) is 1. The highest BCUT2D eigenvalue weighted by molar-refractivity contribution is 5.91. The van der Waals surface area contributed by atoms with Gasteiger partial charge in [-0.3, -0.25) is 4.98 Å². The lowest BCUT2D eigenvalue weighted by Gasteiger charge is -2.04. The molecule has 0 saturated carbocycles. The van der Waals surface area contributed by atoms with Gasteiger partial charge in [0.2, 0.25) is 5.76 Å². The topological polar surface area (TPSA) is 72.6 Å². The molecule has 1 aromatic carbocycles. The number of carbonyl (C=O) groups is 1. The average Bonchev–Trinajstić information content (AvgIpc) is 2.92. The predicted molar refractivity (Wildman–Crippen MR) is 75.9 cm³/mol. The maximum absolute atomic E-state index is 10.9. The first-order chi connectivity index (χ1) is 10.2. The number of carboxylic acids is 1. The van der Waals surface area contributed by atoms with Gasteiger partial charge >= 0.3 is 5.97 Å². The van der Waals surface area contributed by atoms with Gasteiger partial charge in [0.05, 0.1) is 13.2 Å². The summed E-state index contributed by atoms with van der Waals surface area (Å²) in [6.07, 6.45) is 3.48. The number of hydrogen-bond acceptors (Lipinski definition) is 4. The number of furan rings is 1. The Morgan fingerprint density at radius 2 is 2.05 bits per heavy atom. The number of benzene rings is 1. The smallest absolute Gasteiger partial charge is 0.371 e. The zero-order valence-corrected chi connectivity index (χ0v) is 11.2. The molecule has 0 radical (unpaired) electrons. The van der Waals surface area contributed by atoms with Crippen LogP contribution in [0.25, 0.3) is 11.0 Å². The normalized spacial score (nSPS) is 10.9. The maximum atomic E-state index is 10.9. The van der Waals surface area contributed by atoms with E-state index >= 15 is 0 Å². The van der Waals surface area contributed by atoms with Crippen LogP contribution >= 0.6 is 0 Å². The summed E-state index contributed by atoms with van der Waals surface area (Å²) in [4.78, 5) is 14.9. The third-order valence-corrected chi connectivity index (χ3v) is 3.05. The first-order valence-corrected chi connectivity index (χ1v) is 6.45. The fourth-order valence-electron chi connectivity index (χ4n) is 2.06. The summed E-state index contributed by atoms with van der Waals surface area (Å²) < 4.78 is 10.8. The van der Waals surface area contributed by atoms with Gasteiger partial charge in [0.15, 0.2) is 0 Å². The zero-order valence-electron chi connectivity index (χ0n) is 11.2. The van der Waals surface area contributed by atoms with Crippen LogP contribution in [0.2, 0.25) is 0 Å². The average molecular weight is 283 g/mol. The molecule has 0 atom stereocenters. The second kappa shape index (κ2) is 5.76. The van der Waals surface area contributed by atoms with Crippen molar-refractivity contribution in [3.05, 3.63) is 65.7 Å². The lowest BCUT2D eigenvalue weighted by atomic mass is 10.1. The molecular weight excluding hydrogens is 270 g/mol. The molecule has 3 aromatic rings. The summed E-state index contributed by atoms with van der Waals surface area (Å²) in [7, 11) is 0. The molecular formula is C16H13NO4. The van der Waals surface area contributed by atoms with E-state index in [1.807, 2.05) is 24.3 Å². The molecule has 21 heavy (non-hydrogen) atoms. The van der Waals surface area contributed by atoms with Crippen molar-refractivity contribution < 1.29 is 19.1 Å². The van der Waals surface area contributed by atoms with Gasteiger partial charge in [-0.1, -0.05) is 12.1 Å². The van der Waals surface area contributed by atoms with Crippen molar-refractivity contribution in [2.24, 2.45) is 0 Å². The third-order valence-electron chi connectivity index (χ3n) is 3.05. The van der Waals surface area contributed by atoms with E-state index in [0.717, 1.165) is 16.5 Å². The van der Waals surface area contributed by atoms with E-state index in [0.29, 0.717) is 18.8 Å². The molecule has 0 bridgehead atoms. The highest BCUT2D eigenvalue weighted by atomic mass is 16.5. The molecule has 0 aliphatic heterocycles. The summed E-state index contributed by atoms with van der Waals surface area (Å²) in [6, 6.07) is 10.8. The van der Waals surface area contributed by atoms with E-state index in [1.165, 1.54) is 6.07 Å². The van der Waals surface area contributed by atoms with E-state index in [9.17, 15) is 4.79 Å². The molecule has 0 saturated heterocycles. The maximum Gasteiger partial charge on any atom is 0.371 e. The fourth-order valence-corrected chi connectivity index (χ4v) is 2.06. The second-order valence-electron chi connectivity index (χ2n) is 4.64. The molecule has 0 amide bonds. The number of ether oxygens (including phenoxy) is 1. The minimum atomic E-state index is -1.07. The van der Waals surface area contributed by atoms with Crippen LogP contribution in [0.4, 0.5) is 0 Å². The number of fused-ring (bicyclic) bond motifs is 1. The van der Waals surface area contributed by atoms with Crippen molar-refractivity contribution in [3.8, 4) is 0 Å². The lowest BCUT2D eigenvalue weighted by Crippen LogP contribution is -1.94. The lowest BCUT2D eigenvalue weighted by molar-refractivity contribution is 0.0665. The Balaban J connectivity index is 1.68. The molecule has 106 valence electrons. The Labute approximate surface area is 120 Å². The number of rotatable bonds is 5. The number of hydrogen-bond donors (Lipinski definition) is 1. The molecule has 0 aliphatic rings. The van der Waals surface area contributed by atoms with E-state index < -0.39 is 5.97 Å². The van der Waals surface area contributed by atoms with Crippen LogP contribution < -0.4 is 0 Å². The minimum Gasteiger partial charge on any atom is -0.475 e. The highest BCUT2D eigenvalue weighted by Gasteiger charge is 2.10. The van der Waals surface area contributed by atoms with Crippen molar-refractivity contribution in [2.45, 2.75) is 13.2 Å². The van der Waals surface area contributed by atoms with Crippen LogP contribution in [0.3, 0.4) is 0 Å². The highest BCUT2D eigenvalue weighted by Crippen LogP contribution is 2.21. The van der Waals surface area contributed by atoms with Crippen molar-refractivity contribution in [2.75, 3.05) is 0 Å². The fraction of sp³-hybridized carbons (Fsp3) is 0.125. The quantitative estimate of drug-likeness (QED) is 0.778. The summed E-state index contributed by atoms with van der Waals surface area (Å²) >= 11 is 0. The Morgan fingerprint density at radius 3 is 2.81 bits per heavy atom. The van der Waals surface area contributed by atoms with Gasteiger partial charge in [-0.05, 0) is 35.4 Å². The Kier molecular flexibility index (Phi) is 3.66. The molecule has 0 unspecified atom stereocenters. The molecule has 2 heterocycles. The summed E-state index contributed by atoms with van der Waals surface area (Å²) in [5.74, 6) is -1.13. The van der Waals surface area contributed by atoms with Gasteiger partial charge in [0.1, 0.15) is 5.58 Å². The third kappa shape index (κ3) is 3.09. The van der Waals surface area contributed by atoms with Gasteiger partial charge in [-0.2, -0.15) is 0 Å². The Bertz CT molecular complexity index is 764. The predicted octanol–water partition coefficient (Wildman–Crippen LogP) is 3.24. The van der Waals surface area contributed by atoms with E-state index in [-0.39, 0.29) is 5.76 Å². The van der Waals surface area contributed by atoms with Gasteiger partial charge in [-0.15, -0.1) is 0 Å². The van der Waals surface area contributed by atoms with Gasteiger partial charge in [-0.25, -0.2) is 4.79 Å². The number of aromatic carboxylic acids is 1. The molecule has 0 aliphatic carbocycles. The minimum absolute atomic E-state index is 0.0570. The summed E-state index contributed by atoms with van der Waals surface area (Å²) in [6.45, 7) is 0.927. The molecule has 3 rings (SSSR count). The molecule has 5 heteroatoms. The first-order valence-electron chi connectivity index (χ1n) is 6.45. The number of pyridine rings is 1. The van der Waals surface area contributed by atoms with Crippen LogP contribution in [0.15, 0.2) is 53.2 Å². The van der Waals surface area contributed by atoms with Crippen LogP contribution in [0.1, 0.15) is 21.7 Å². The van der Waals surface area contributed by atoms with E-state index in [2.05, 4.69) is 4.98 Å². The number of nitrogens with zero attached hydrogens (tertiary/aromatic N) is 1. The van der Waals surface area contributed by atoms with E-state index in [1.54, 1.807) is 18.5 Å². The first kappa shape index (κ1) is 13.3. The van der Waals surface area contributed by atoms with Crippen molar-refractivity contribution in [1.29, 1.82) is 0 Å². The SMILES string of the molecule is O=C(O)c1cc2cc(COCc3cccnc3)ccc2o1. The summed E-state index contributed by atoms with van der Waals surface area (Å²) in [5.41, 5.74) is 2.53. The van der Waals surface area contributed by atoms with Gasteiger partial charge in [0, 0.05) is 17.8 Å². The van der Waals surface area contributed by atoms with Crippen molar-refractivity contribution in [3.63, 3.8) is 0 Å². The van der Waals surface area contributed by atoms with Crippen LogP contribution in [-0.2, 0) is 18.0 Å². The molecule has 0 spiro atoms. The van der Waals surface area contributed by atoms with Crippen LogP contribution in [-0.4, -0.2) is 16.1 Å². The molecule has 0 fully saturated rings. The monoisotopic (exact) mass is 283 g/mol. The van der Waals surface area contributed by atoms with Gasteiger partial charge in [0.25, 0.3) is 0 Å². The largest absolute Gasteiger partial charge is 0.475 e. The molecule has 1 N–H and O–H groups in total. The van der Waals surface area contributed by atoms with Crippen LogP contribution in [0, 0.1) is 0 Å². The molecule has 5 nitrogen and oxygen atoms in total. The Hall–Kier alpha value is -2.66. The van der Waals surface area contributed by atoms with E-state index in [4.69, 9.17) is 14.3 Å². The summed E-state index contributed by atoms with van der Waals surface area (Å²) in [5, 5.41) is 9.66. The number of aromatic nitrogens is 1. The Morgan fingerprint density at radius 1 is 1.19 bits per heavy atom. The second-order valence-corrected chi connectivity index (χ2v) is 4.64. The van der Waals surface area contributed by atoms with Gasteiger partial charge < -0.3 is 14.3 Å². The van der Waals surface area contributed by atoms with Crippen LogP contribution in [0.5, 0.6) is 0 Å². The van der Waals surface area contributed by atoms with Crippen molar-refractivity contribution in [1.82, 2.24) is 4.98 Å². The molecule has 2 aromatic heterocycles. The van der Waals surface area contributed by atoms with Crippen molar-refractivity contribution >= 4 is 16.9 Å². The zero-order chi connectivity index (χ0) is 14.7.